The van der Waals surface area contributed by atoms with E-state index in [0.717, 1.165) is 11.3 Å². The number of ether oxygens (including phenoxy) is 1. The van der Waals surface area contributed by atoms with Crippen LogP contribution in [0.15, 0.2) is 57.7 Å². The number of amides is 1. The van der Waals surface area contributed by atoms with Gasteiger partial charge in [-0.1, -0.05) is 11.6 Å². The van der Waals surface area contributed by atoms with Crippen molar-refractivity contribution in [1.82, 2.24) is 9.88 Å². The summed E-state index contributed by atoms with van der Waals surface area (Å²) in [5.74, 6) is 1.91. The van der Waals surface area contributed by atoms with Gasteiger partial charge in [0.25, 0.3) is 0 Å². The molecule has 0 fully saturated rings. The van der Waals surface area contributed by atoms with Gasteiger partial charge in [-0.25, -0.2) is 4.98 Å². The summed E-state index contributed by atoms with van der Waals surface area (Å²) in [5, 5.41) is 0.664. The molecule has 1 aromatic carbocycles. The first-order valence-corrected chi connectivity index (χ1v) is 9.03. The number of methoxy groups -OCH3 is 1. The lowest BCUT2D eigenvalue weighted by Crippen LogP contribution is -2.33. The maximum absolute atomic E-state index is 12.6. The Labute approximate surface area is 162 Å². The fourth-order valence-corrected chi connectivity index (χ4v) is 2.76. The summed E-state index contributed by atoms with van der Waals surface area (Å²) in [6, 6.07) is 11.0. The van der Waals surface area contributed by atoms with Crippen LogP contribution in [0.25, 0.3) is 11.3 Å². The van der Waals surface area contributed by atoms with Crippen molar-refractivity contribution in [2.75, 3.05) is 20.3 Å². The minimum atomic E-state index is -0.00491. The molecule has 3 rings (SSSR count). The number of oxazole rings is 1. The first-order valence-electron chi connectivity index (χ1n) is 8.65. The zero-order valence-electron chi connectivity index (χ0n) is 15.1. The minimum absolute atomic E-state index is 0.00491. The van der Waals surface area contributed by atoms with Crippen LogP contribution in [0.3, 0.4) is 0 Å². The van der Waals surface area contributed by atoms with E-state index < -0.39 is 0 Å². The van der Waals surface area contributed by atoms with Crippen LogP contribution in [0.5, 0.6) is 0 Å². The summed E-state index contributed by atoms with van der Waals surface area (Å²) in [6.45, 7) is 1.38. The number of benzene rings is 1. The predicted octanol–water partition coefficient (Wildman–Crippen LogP) is 4.20. The van der Waals surface area contributed by atoms with Crippen molar-refractivity contribution in [3.05, 3.63) is 65.5 Å². The van der Waals surface area contributed by atoms with Crippen molar-refractivity contribution in [1.29, 1.82) is 0 Å². The molecule has 0 aliphatic rings. The third kappa shape index (κ3) is 5.45. The third-order valence-electron chi connectivity index (χ3n) is 4.08. The average molecular weight is 389 g/mol. The van der Waals surface area contributed by atoms with Crippen molar-refractivity contribution in [3.8, 4) is 11.3 Å². The molecular formula is C20H21ClN2O4. The van der Waals surface area contributed by atoms with E-state index in [2.05, 4.69) is 4.98 Å². The van der Waals surface area contributed by atoms with Gasteiger partial charge in [-0.2, -0.15) is 0 Å². The third-order valence-corrected chi connectivity index (χ3v) is 4.33. The predicted molar refractivity (Wildman–Crippen MR) is 101 cm³/mol. The Morgan fingerprint density at radius 1 is 1.26 bits per heavy atom. The molecule has 0 saturated carbocycles. The molecule has 3 aromatic rings. The molecule has 0 atom stereocenters. The van der Waals surface area contributed by atoms with E-state index in [-0.39, 0.29) is 5.91 Å². The fraction of sp³-hybridized carbons (Fsp3) is 0.300. The largest absolute Gasteiger partial charge is 0.467 e. The maximum atomic E-state index is 12.6. The standard InChI is InChI=1S/C20H21ClN2O4/c1-25-12-10-23(14-17-3-2-11-26-17)20(24)9-8-19-22-13-18(27-19)15-4-6-16(21)7-5-15/h2-7,11,13H,8-10,12,14H2,1H3. The second kappa shape index (κ2) is 9.39. The summed E-state index contributed by atoms with van der Waals surface area (Å²) in [7, 11) is 1.61. The lowest BCUT2D eigenvalue weighted by molar-refractivity contribution is -0.132. The van der Waals surface area contributed by atoms with Crippen LogP contribution >= 0.6 is 11.6 Å². The van der Waals surface area contributed by atoms with Gasteiger partial charge in [-0.15, -0.1) is 0 Å². The van der Waals surface area contributed by atoms with Crippen LogP contribution in [-0.2, 0) is 22.5 Å². The first kappa shape index (κ1) is 19.2. The zero-order valence-corrected chi connectivity index (χ0v) is 15.8. The van der Waals surface area contributed by atoms with Gasteiger partial charge in [0, 0.05) is 37.1 Å². The number of halogens is 1. The molecule has 27 heavy (non-hydrogen) atoms. The van der Waals surface area contributed by atoms with Gasteiger partial charge in [0.05, 0.1) is 25.6 Å². The van der Waals surface area contributed by atoms with E-state index in [0.29, 0.717) is 49.2 Å². The van der Waals surface area contributed by atoms with Gasteiger partial charge in [-0.05, 0) is 36.4 Å². The molecule has 0 unspecified atom stereocenters. The van der Waals surface area contributed by atoms with E-state index in [1.807, 2.05) is 18.2 Å². The molecule has 0 aliphatic carbocycles. The Morgan fingerprint density at radius 3 is 2.78 bits per heavy atom. The Kier molecular flexibility index (Phi) is 6.68. The van der Waals surface area contributed by atoms with E-state index in [9.17, 15) is 4.79 Å². The van der Waals surface area contributed by atoms with Crippen LogP contribution < -0.4 is 0 Å². The van der Waals surface area contributed by atoms with E-state index in [1.54, 1.807) is 42.7 Å². The van der Waals surface area contributed by atoms with Crippen LogP contribution in [0.1, 0.15) is 18.1 Å². The minimum Gasteiger partial charge on any atom is -0.467 e. The highest BCUT2D eigenvalue weighted by Gasteiger charge is 2.16. The van der Waals surface area contributed by atoms with E-state index in [4.69, 9.17) is 25.2 Å². The van der Waals surface area contributed by atoms with Gasteiger partial charge in [0.1, 0.15) is 5.76 Å². The van der Waals surface area contributed by atoms with Crippen molar-refractivity contribution in [2.45, 2.75) is 19.4 Å². The summed E-state index contributed by atoms with van der Waals surface area (Å²) in [6.07, 6.45) is 3.98. The van der Waals surface area contributed by atoms with Gasteiger partial charge >= 0.3 is 0 Å². The topological polar surface area (TPSA) is 68.7 Å². The quantitative estimate of drug-likeness (QED) is 0.549. The van der Waals surface area contributed by atoms with Gasteiger partial charge in [0.15, 0.2) is 11.7 Å². The number of hydrogen-bond acceptors (Lipinski definition) is 5. The summed E-state index contributed by atoms with van der Waals surface area (Å²) in [4.78, 5) is 18.6. The summed E-state index contributed by atoms with van der Waals surface area (Å²) >= 11 is 5.90. The molecule has 0 N–H and O–H groups in total. The smallest absolute Gasteiger partial charge is 0.223 e. The molecule has 2 aromatic heterocycles. The summed E-state index contributed by atoms with van der Waals surface area (Å²) < 4.78 is 16.2. The Hall–Kier alpha value is -2.57. The zero-order chi connectivity index (χ0) is 19.1. The lowest BCUT2D eigenvalue weighted by atomic mass is 10.2. The highest BCUT2D eigenvalue weighted by atomic mass is 35.5. The number of aryl methyl sites for hydroxylation is 1. The maximum Gasteiger partial charge on any atom is 0.223 e. The molecule has 0 spiro atoms. The fourth-order valence-electron chi connectivity index (χ4n) is 2.63. The van der Waals surface area contributed by atoms with Gasteiger partial charge < -0.3 is 18.5 Å². The number of furan rings is 1. The van der Waals surface area contributed by atoms with Crippen LogP contribution in [-0.4, -0.2) is 36.1 Å². The molecule has 0 bridgehead atoms. The monoisotopic (exact) mass is 388 g/mol. The number of rotatable bonds is 9. The van der Waals surface area contributed by atoms with Crippen molar-refractivity contribution >= 4 is 17.5 Å². The van der Waals surface area contributed by atoms with E-state index >= 15 is 0 Å². The molecule has 0 radical (unpaired) electrons. The number of nitrogens with zero attached hydrogens (tertiary/aromatic N) is 2. The van der Waals surface area contributed by atoms with Crippen LogP contribution in [0.2, 0.25) is 5.02 Å². The van der Waals surface area contributed by atoms with E-state index in [1.165, 1.54) is 0 Å². The van der Waals surface area contributed by atoms with Crippen molar-refractivity contribution in [2.24, 2.45) is 0 Å². The second-order valence-electron chi connectivity index (χ2n) is 6.01. The molecule has 1 amide bonds. The molecule has 0 saturated heterocycles. The molecule has 7 heteroatoms. The number of hydrogen-bond donors (Lipinski definition) is 0. The second-order valence-corrected chi connectivity index (χ2v) is 6.45. The van der Waals surface area contributed by atoms with Crippen molar-refractivity contribution < 1.29 is 18.4 Å². The Morgan fingerprint density at radius 2 is 2.07 bits per heavy atom. The van der Waals surface area contributed by atoms with Crippen LogP contribution in [0.4, 0.5) is 0 Å². The Balaban J connectivity index is 1.58. The highest BCUT2D eigenvalue weighted by Crippen LogP contribution is 2.23. The lowest BCUT2D eigenvalue weighted by Gasteiger charge is -2.21. The molecule has 2 heterocycles. The number of carbonyl (C=O) groups excluding carboxylic acids is 1. The highest BCUT2D eigenvalue weighted by molar-refractivity contribution is 6.30. The SMILES string of the molecule is COCCN(Cc1ccco1)C(=O)CCc1ncc(-c2ccc(Cl)cc2)o1. The van der Waals surface area contributed by atoms with Crippen molar-refractivity contribution in [3.63, 3.8) is 0 Å². The van der Waals surface area contributed by atoms with Crippen LogP contribution in [0, 0.1) is 0 Å². The van der Waals surface area contributed by atoms with Gasteiger partial charge in [-0.3, -0.25) is 4.79 Å². The summed E-state index contributed by atoms with van der Waals surface area (Å²) in [5.41, 5.74) is 0.893. The molecule has 0 aliphatic heterocycles. The normalized spacial score (nSPS) is 10.9. The molecular weight excluding hydrogens is 368 g/mol. The molecule has 142 valence electrons. The number of aromatic nitrogens is 1. The average Bonchev–Trinajstić information content (AvgIpc) is 3.35. The Bertz CT molecular complexity index is 843. The first-order chi connectivity index (χ1) is 13.2. The number of carbonyl (C=O) groups is 1. The molecule has 6 nitrogen and oxygen atoms in total. The van der Waals surface area contributed by atoms with Gasteiger partial charge in [0.2, 0.25) is 5.91 Å².